The Hall–Kier alpha value is -3.86. The maximum Gasteiger partial charge on any atom is 0.253 e. The van der Waals surface area contributed by atoms with Crippen LogP contribution < -0.4 is 10.2 Å². The smallest absolute Gasteiger partial charge is 0.253 e. The summed E-state index contributed by atoms with van der Waals surface area (Å²) in [5.74, 6) is -0.218. The van der Waals surface area contributed by atoms with Crippen LogP contribution in [0, 0.1) is 5.82 Å². The monoisotopic (exact) mass is 408 g/mol. The zero-order valence-electron chi connectivity index (χ0n) is 15.7. The highest BCUT2D eigenvalue weighted by Crippen LogP contribution is 2.22. The van der Waals surface area contributed by atoms with Crippen molar-refractivity contribution in [3.63, 3.8) is 0 Å². The van der Waals surface area contributed by atoms with Gasteiger partial charge in [-0.15, -0.1) is 0 Å². The van der Waals surface area contributed by atoms with E-state index >= 15 is 0 Å². The highest BCUT2D eigenvalue weighted by atomic mass is 19.1. The van der Waals surface area contributed by atoms with Crippen LogP contribution in [0.3, 0.4) is 0 Å². The summed E-state index contributed by atoms with van der Waals surface area (Å²) in [5.41, 5.74) is 2.50. The molecule has 1 saturated heterocycles. The number of carbonyl (C=O) groups excluding carboxylic acids is 1. The standard InChI is InChI=1S/C19H17FN8O2/c20-14-3-12(4-16(5-14)27-1-2-30-11-17(27)29)10-28-18-13(7-24-28)6-21-19(26-18)25-15-8-22-23-9-15/h3-9H,1-2,10-11H2,(H,22,23)(H,21,25,26). The van der Waals surface area contributed by atoms with Crippen LogP contribution in [0.5, 0.6) is 0 Å². The molecule has 1 amide bonds. The minimum Gasteiger partial charge on any atom is -0.370 e. The second-order valence-corrected chi connectivity index (χ2v) is 6.80. The molecule has 0 atom stereocenters. The molecule has 1 aromatic carbocycles. The van der Waals surface area contributed by atoms with Crippen molar-refractivity contribution in [2.45, 2.75) is 6.54 Å². The number of fused-ring (bicyclic) bond motifs is 1. The minimum absolute atomic E-state index is 0.000992. The van der Waals surface area contributed by atoms with Gasteiger partial charge in [0, 0.05) is 24.6 Å². The zero-order chi connectivity index (χ0) is 20.5. The molecule has 11 heteroatoms. The average Bonchev–Trinajstić information content (AvgIpc) is 3.38. The molecule has 4 aromatic rings. The highest BCUT2D eigenvalue weighted by Gasteiger charge is 2.21. The van der Waals surface area contributed by atoms with E-state index in [1.54, 1.807) is 35.5 Å². The average molecular weight is 408 g/mol. The van der Waals surface area contributed by atoms with E-state index in [2.05, 4.69) is 30.6 Å². The van der Waals surface area contributed by atoms with Crippen LogP contribution in [0.1, 0.15) is 5.56 Å². The molecule has 1 aliphatic heterocycles. The SMILES string of the molecule is O=C1COCCN1c1cc(F)cc(Cn2ncc3cnc(Nc4cn[nH]c4)nc32)c1. The van der Waals surface area contributed by atoms with Crippen molar-refractivity contribution in [2.75, 3.05) is 30.0 Å². The van der Waals surface area contributed by atoms with Crippen molar-refractivity contribution in [3.8, 4) is 0 Å². The fourth-order valence-electron chi connectivity index (χ4n) is 3.34. The molecule has 0 radical (unpaired) electrons. The van der Waals surface area contributed by atoms with Gasteiger partial charge >= 0.3 is 0 Å². The molecule has 0 bridgehead atoms. The number of benzene rings is 1. The van der Waals surface area contributed by atoms with Crippen molar-refractivity contribution in [1.82, 2.24) is 29.9 Å². The first-order chi connectivity index (χ1) is 14.7. The molecule has 0 unspecified atom stereocenters. The van der Waals surface area contributed by atoms with Crippen LogP contribution in [0.2, 0.25) is 0 Å². The number of rotatable bonds is 5. The van der Waals surface area contributed by atoms with Gasteiger partial charge in [-0.05, 0) is 23.8 Å². The number of amides is 1. The van der Waals surface area contributed by atoms with E-state index in [1.807, 2.05) is 0 Å². The van der Waals surface area contributed by atoms with Crippen LogP contribution in [0.15, 0.2) is 43.0 Å². The van der Waals surface area contributed by atoms with E-state index in [1.165, 1.54) is 17.0 Å². The zero-order valence-corrected chi connectivity index (χ0v) is 15.7. The molecule has 10 nitrogen and oxygen atoms in total. The third-order valence-electron chi connectivity index (χ3n) is 4.70. The number of aromatic amines is 1. The first-order valence-corrected chi connectivity index (χ1v) is 9.28. The molecular formula is C19H17FN8O2. The Bertz CT molecular complexity index is 1210. The normalized spacial score (nSPS) is 14.4. The van der Waals surface area contributed by atoms with Gasteiger partial charge in [0.1, 0.15) is 12.4 Å². The van der Waals surface area contributed by atoms with Crippen LogP contribution in [-0.2, 0) is 16.1 Å². The fourth-order valence-corrected chi connectivity index (χ4v) is 3.34. The lowest BCUT2D eigenvalue weighted by Gasteiger charge is -2.27. The van der Waals surface area contributed by atoms with Gasteiger partial charge in [0.25, 0.3) is 5.91 Å². The van der Waals surface area contributed by atoms with Crippen molar-refractivity contribution >= 4 is 34.3 Å². The quantitative estimate of drug-likeness (QED) is 0.518. The summed E-state index contributed by atoms with van der Waals surface area (Å²) in [6.45, 7) is 1.10. The predicted molar refractivity (Wildman–Crippen MR) is 106 cm³/mol. The van der Waals surface area contributed by atoms with Crippen LogP contribution in [0.25, 0.3) is 11.0 Å². The first-order valence-electron chi connectivity index (χ1n) is 9.28. The Labute approximate surface area is 169 Å². The number of hydrogen-bond acceptors (Lipinski definition) is 7. The second-order valence-electron chi connectivity index (χ2n) is 6.80. The third kappa shape index (κ3) is 3.57. The van der Waals surface area contributed by atoms with Crippen molar-refractivity contribution < 1.29 is 13.9 Å². The molecule has 0 saturated carbocycles. The van der Waals surface area contributed by atoms with E-state index in [-0.39, 0.29) is 19.1 Å². The largest absolute Gasteiger partial charge is 0.370 e. The number of morpholine rings is 1. The Kier molecular flexibility index (Phi) is 4.56. The summed E-state index contributed by atoms with van der Waals surface area (Å²) < 4.78 is 21.1. The van der Waals surface area contributed by atoms with E-state index < -0.39 is 5.82 Å². The van der Waals surface area contributed by atoms with Crippen molar-refractivity contribution in [1.29, 1.82) is 0 Å². The lowest BCUT2D eigenvalue weighted by molar-refractivity contribution is -0.125. The Balaban J connectivity index is 1.44. The molecule has 1 aliphatic rings. The van der Waals surface area contributed by atoms with E-state index in [0.29, 0.717) is 36.0 Å². The van der Waals surface area contributed by atoms with Gasteiger partial charge in [0.15, 0.2) is 5.65 Å². The number of anilines is 3. The summed E-state index contributed by atoms with van der Waals surface area (Å²) >= 11 is 0. The molecule has 2 N–H and O–H groups in total. The number of aromatic nitrogens is 6. The molecule has 5 rings (SSSR count). The Morgan fingerprint density at radius 1 is 1.23 bits per heavy atom. The Morgan fingerprint density at radius 2 is 2.17 bits per heavy atom. The minimum atomic E-state index is -0.421. The number of nitrogens with one attached hydrogen (secondary N) is 2. The topological polar surface area (TPSA) is 114 Å². The van der Waals surface area contributed by atoms with Crippen LogP contribution in [0.4, 0.5) is 21.7 Å². The molecule has 30 heavy (non-hydrogen) atoms. The number of halogens is 1. The molecule has 1 fully saturated rings. The van der Waals surface area contributed by atoms with Gasteiger partial charge in [-0.1, -0.05) is 0 Å². The summed E-state index contributed by atoms with van der Waals surface area (Å²) in [5, 5.41) is 14.7. The van der Waals surface area contributed by atoms with Gasteiger partial charge < -0.3 is 15.0 Å². The second kappa shape index (κ2) is 7.52. The molecule has 4 heterocycles. The number of H-pyrrole nitrogens is 1. The molecular weight excluding hydrogens is 391 g/mol. The van der Waals surface area contributed by atoms with Crippen molar-refractivity contribution in [2.24, 2.45) is 0 Å². The summed E-state index contributed by atoms with van der Waals surface area (Å²) in [6, 6.07) is 4.56. The van der Waals surface area contributed by atoms with E-state index in [0.717, 1.165) is 11.1 Å². The number of hydrogen-bond donors (Lipinski definition) is 2. The predicted octanol–water partition coefficient (Wildman–Crippen LogP) is 1.84. The fraction of sp³-hybridized carbons (Fsp3) is 0.211. The molecule has 3 aromatic heterocycles. The summed E-state index contributed by atoms with van der Waals surface area (Å²) in [7, 11) is 0. The number of ether oxygens (including phenoxy) is 1. The van der Waals surface area contributed by atoms with Gasteiger partial charge in [-0.3, -0.25) is 9.89 Å². The first kappa shape index (κ1) is 18.2. The van der Waals surface area contributed by atoms with Gasteiger partial charge in [-0.25, -0.2) is 14.1 Å². The lowest BCUT2D eigenvalue weighted by atomic mass is 10.1. The lowest BCUT2D eigenvalue weighted by Crippen LogP contribution is -2.41. The summed E-state index contributed by atoms with van der Waals surface area (Å²) in [6.07, 6.45) is 6.62. The van der Waals surface area contributed by atoms with Gasteiger partial charge in [-0.2, -0.15) is 15.2 Å². The van der Waals surface area contributed by atoms with Crippen LogP contribution in [-0.4, -0.2) is 55.6 Å². The molecule has 152 valence electrons. The van der Waals surface area contributed by atoms with E-state index in [9.17, 15) is 9.18 Å². The van der Waals surface area contributed by atoms with E-state index in [4.69, 9.17) is 4.74 Å². The highest BCUT2D eigenvalue weighted by molar-refractivity contribution is 5.94. The Morgan fingerprint density at radius 3 is 3.00 bits per heavy atom. The van der Waals surface area contributed by atoms with Gasteiger partial charge in [0.2, 0.25) is 5.95 Å². The number of carbonyl (C=O) groups is 1. The maximum absolute atomic E-state index is 14.3. The van der Waals surface area contributed by atoms with Crippen molar-refractivity contribution in [3.05, 3.63) is 54.4 Å². The molecule has 0 aliphatic carbocycles. The van der Waals surface area contributed by atoms with Gasteiger partial charge in [0.05, 0.1) is 36.6 Å². The number of nitrogens with zero attached hydrogens (tertiary/aromatic N) is 6. The van der Waals surface area contributed by atoms with Crippen LogP contribution >= 0.6 is 0 Å². The summed E-state index contributed by atoms with van der Waals surface area (Å²) in [4.78, 5) is 22.4. The molecule has 0 spiro atoms. The maximum atomic E-state index is 14.3. The third-order valence-corrected chi connectivity index (χ3v) is 4.70.